The van der Waals surface area contributed by atoms with Gasteiger partial charge in [-0.3, -0.25) is 4.79 Å². The summed E-state index contributed by atoms with van der Waals surface area (Å²) in [6, 6.07) is 12.1. The SMILES string of the molecule is CCOc1ccccc1N1CCN(C(=O)c2ccc(C)s2)CC1. The Morgan fingerprint density at radius 2 is 1.87 bits per heavy atom. The molecule has 5 heteroatoms. The van der Waals surface area contributed by atoms with Crippen LogP contribution in [0.3, 0.4) is 0 Å². The molecule has 2 aromatic rings. The number of hydrogen-bond donors (Lipinski definition) is 0. The molecule has 0 unspecified atom stereocenters. The van der Waals surface area contributed by atoms with Gasteiger partial charge in [-0.2, -0.15) is 0 Å². The summed E-state index contributed by atoms with van der Waals surface area (Å²) in [6.07, 6.45) is 0. The minimum atomic E-state index is 0.154. The Bertz CT molecular complexity index is 675. The van der Waals surface area contributed by atoms with Crippen LogP contribution in [0, 0.1) is 6.92 Å². The number of nitrogens with zero attached hydrogens (tertiary/aromatic N) is 2. The molecule has 0 radical (unpaired) electrons. The normalized spacial score (nSPS) is 14.9. The molecular formula is C18H22N2O2S. The van der Waals surface area contributed by atoms with Crippen LogP contribution in [0.5, 0.6) is 5.75 Å². The quantitative estimate of drug-likeness (QED) is 0.861. The molecule has 1 aromatic carbocycles. The number of amides is 1. The van der Waals surface area contributed by atoms with E-state index < -0.39 is 0 Å². The lowest BCUT2D eigenvalue weighted by Crippen LogP contribution is -2.48. The van der Waals surface area contributed by atoms with Gasteiger partial charge in [0.05, 0.1) is 17.2 Å². The second-order valence-electron chi connectivity index (χ2n) is 5.59. The molecule has 0 saturated carbocycles. The van der Waals surface area contributed by atoms with Crippen molar-refractivity contribution in [2.24, 2.45) is 0 Å². The number of thiophene rings is 1. The van der Waals surface area contributed by atoms with E-state index in [1.165, 1.54) is 4.88 Å². The Hall–Kier alpha value is -2.01. The highest BCUT2D eigenvalue weighted by Gasteiger charge is 2.24. The second kappa shape index (κ2) is 7.04. The molecule has 4 nitrogen and oxygen atoms in total. The maximum Gasteiger partial charge on any atom is 0.264 e. The first-order valence-corrected chi connectivity index (χ1v) is 8.83. The summed E-state index contributed by atoms with van der Waals surface area (Å²) in [5, 5.41) is 0. The topological polar surface area (TPSA) is 32.8 Å². The van der Waals surface area contributed by atoms with Crippen molar-refractivity contribution in [2.75, 3.05) is 37.7 Å². The van der Waals surface area contributed by atoms with Crippen molar-refractivity contribution in [3.05, 3.63) is 46.2 Å². The smallest absolute Gasteiger partial charge is 0.264 e. The summed E-state index contributed by atoms with van der Waals surface area (Å²) in [5.74, 6) is 1.07. The molecule has 0 N–H and O–H groups in total. The third-order valence-electron chi connectivity index (χ3n) is 4.02. The zero-order valence-electron chi connectivity index (χ0n) is 13.6. The summed E-state index contributed by atoms with van der Waals surface area (Å²) >= 11 is 1.57. The van der Waals surface area contributed by atoms with E-state index in [1.54, 1.807) is 11.3 Å². The van der Waals surface area contributed by atoms with Crippen molar-refractivity contribution in [1.29, 1.82) is 0 Å². The molecular weight excluding hydrogens is 308 g/mol. The zero-order valence-corrected chi connectivity index (χ0v) is 14.4. The number of piperazine rings is 1. The van der Waals surface area contributed by atoms with Gasteiger partial charge in [0.2, 0.25) is 0 Å². The van der Waals surface area contributed by atoms with Crippen LogP contribution in [0.25, 0.3) is 0 Å². The van der Waals surface area contributed by atoms with Crippen LogP contribution in [-0.2, 0) is 0 Å². The highest BCUT2D eigenvalue weighted by molar-refractivity contribution is 7.13. The molecule has 1 aromatic heterocycles. The monoisotopic (exact) mass is 330 g/mol. The van der Waals surface area contributed by atoms with E-state index in [1.807, 2.05) is 49.1 Å². The molecule has 0 spiro atoms. The van der Waals surface area contributed by atoms with Crippen LogP contribution < -0.4 is 9.64 Å². The van der Waals surface area contributed by atoms with Gasteiger partial charge >= 0.3 is 0 Å². The predicted molar refractivity (Wildman–Crippen MR) is 94.8 cm³/mol. The highest BCUT2D eigenvalue weighted by atomic mass is 32.1. The molecule has 23 heavy (non-hydrogen) atoms. The van der Waals surface area contributed by atoms with Gasteiger partial charge in [0.1, 0.15) is 5.75 Å². The Balaban J connectivity index is 1.66. The van der Waals surface area contributed by atoms with Gasteiger partial charge in [-0.1, -0.05) is 12.1 Å². The number of aryl methyl sites for hydroxylation is 1. The first-order valence-electron chi connectivity index (χ1n) is 8.01. The van der Waals surface area contributed by atoms with Gasteiger partial charge < -0.3 is 14.5 Å². The van der Waals surface area contributed by atoms with E-state index in [-0.39, 0.29) is 5.91 Å². The lowest BCUT2D eigenvalue weighted by Gasteiger charge is -2.36. The number of ether oxygens (including phenoxy) is 1. The van der Waals surface area contributed by atoms with Gasteiger partial charge in [0.15, 0.2) is 0 Å². The minimum absolute atomic E-state index is 0.154. The molecule has 2 heterocycles. The third kappa shape index (κ3) is 3.50. The van der Waals surface area contributed by atoms with Crippen LogP contribution in [0.15, 0.2) is 36.4 Å². The Kier molecular flexibility index (Phi) is 4.86. The lowest BCUT2D eigenvalue weighted by molar-refractivity contribution is 0.0751. The molecule has 0 bridgehead atoms. The number of rotatable bonds is 4. The van der Waals surface area contributed by atoms with E-state index >= 15 is 0 Å². The molecule has 3 rings (SSSR count). The van der Waals surface area contributed by atoms with Crippen LogP contribution in [0.2, 0.25) is 0 Å². The first kappa shape index (κ1) is 15.9. The van der Waals surface area contributed by atoms with Gasteiger partial charge in [0, 0.05) is 31.1 Å². The fourth-order valence-electron chi connectivity index (χ4n) is 2.85. The zero-order chi connectivity index (χ0) is 16.2. The van der Waals surface area contributed by atoms with Crippen LogP contribution in [0.4, 0.5) is 5.69 Å². The van der Waals surface area contributed by atoms with Crippen molar-refractivity contribution in [3.63, 3.8) is 0 Å². The van der Waals surface area contributed by atoms with Crippen LogP contribution in [0.1, 0.15) is 21.5 Å². The van der Waals surface area contributed by atoms with Crippen molar-refractivity contribution in [2.45, 2.75) is 13.8 Å². The number of hydrogen-bond acceptors (Lipinski definition) is 4. The van der Waals surface area contributed by atoms with Gasteiger partial charge in [-0.05, 0) is 38.1 Å². The molecule has 1 aliphatic heterocycles. The second-order valence-corrected chi connectivity index (χ2v) is 6.88. The standard InChI is InChI=1S/C18H22N2O2S/c1-3-22-16-7-5-4-6-15(16)19-10-12-20(13-11-19)18(21)17-9-8-14(2)23-17/h4-9H,3,10-13H2,1-2H3. The Morgan fingerprint density at radius 3 is 2.52 bits per heavy atom. The van der Waals surface area contributed by atoms with Crippen LogP contribution >= 0.6 is 11.3 Å². The third-order valence-corrected chi connectivity index (χ3v) is 5.01. The van der Waals surface area contributed by atoms with Gasteiger partial charge in [-0.25, -0.2) is 0 Å². The Morgan fingerprint density at radius 1 is 1.13 bits per heavy atom. The summed E-state index contributed by atoms with van der Waals surface area (Å²) in [7, 11) is 0. The highest BCUT2D eigenvalue weighted by Crippen LogP contribution is 2.29. The van der Waals surface area contributed by atoms with Crippen LogP contribution in [-0.4, -0.2) is 43.6 Å². The van der Waals surface area contributed by atoms with Crippen molar-refractivity contribution in [1.82, 2.24) is 4.90 Å². The Labute approximate surface area is 141 Å². The fourth-order valence-corrected chi connectivity index (χ4v) is 3.69. The fraction of sp³-hybridized carbons (Fsp3) is 0.389. The largest absolute Gasteiger partial charge is 0.492 e. The minimum Gasteiger partial charge on any atom is -0.492 e. The van der Waals surface area contributed by atoms with E-state index in [0.29, 0.717) is 6.61 Å². The molecule has 1 fully saturated rings. The lowest BCUT2D eigenvalue weighted by atomic mass is 10.2. The van der Waals surface area contributed by atoms with E-state index in [9.17, 15) is 4.79 Å². The molecule has 1 aliphatic rings. The number of para-hydroxylation sites is 2. The van der Waals surface area contributed by atoms with Gasteiger partial charge in [-0.15, -0.1) is 11.3 Å². The van der Waals surface area contributed by atoms with E-state index in [0.717, 1.165) is 42.5 Å². The summed E-state index contributed by atoms with van der Waals surface area (Å²) in [5.41, 5.74) is 1.12. The van der Waals surface area contributed by atoms with Crippen molar-refractivity contribution >= 4 is 22.9 Å². The van der Waals surface area contributed by atoms with Gasteiger partial charge in [0.25, 0.3) is 5.91 Å². The molecule has 1 amide bonds. The maximum atomic E-state index is 12.5. The summed E-state index contributed by atoms with van der Waals surface area (Å²) in [6.45, 7) is 7.85. The maximum absolute atomic E-state index is 12.5. The molecule has 0 aliphatic carbocycles. The van der Waals surface area contributed by atoms with E-state index in [4.69, 9.17) is 4.74 Å². The summed E-state index contributed by atoms with van der Waals surface area (Å²) < 4.78 is 5.72. The first-order chi connectivity index (χ1) is 11.2. The molecule has 122 valence electrons. The molecule has 1 saturated heterocycles. The number of benzene rings is 1. The average molecular weight is 330 g/mol. The summed E-state index contributed by atoms with van der Waals surface area (Å²) in [4.78, 5) is 18.8. The average Bonchev–Trinajstić information content (AvgIpc) is 3.02. The number of carbonyl (C=O) groups is 1. The molecule has 0 atom stereocenters. The van der Waals surface area contributed by atoms with E-state index in [2.05, 4.69) is 11.0 Å². The number of carbonyl (C=O) groups excluding carboxylic acids is 1. The predicted octanol–water partition coefficient (Wildman–Crippen LogP) is 3.42. The van der Waals surface area contributed by atoms with Crippen molar-refractivity contribution in [3.8, 4) is 5.75 Å². The van der Waals surface area contributed by atoms with Crippen molar-refractivity contribution < 1.29 is 9.53 Å². The number of anilines is 1.